The minimum absolute atomic E-state index is 0.0272. The van der Waals surface area contributed by atoms with Crippen molar-refractivity contribution in [2.24, 2.45) is 5.41 Å². The first-order valence-electron chi connectivity index (χ1n) is 9.59. The Hall–Kier alpha value is -1.06. The van der Waals surface area contributed by atoms with Crippen LogP contribution in [0.1, 0.15) is 98.8 Å². The van der Waals surface area contributed by atoms with Gasteiger partial charge in [-0.1, -0.05) is 59.8 Å². The van der Waals surface area contributed by atoms with Gasteiger partial charge >= 0.3 is 11.9 Å². The Morgan fingerprint density at radius 1 is 0.875 bits per heavy atom. The van der Waals surface area contributed by atoms with Gasteiger partial charge in [0.05, 0.1) is 12.7 Å². The SMILES string of the molecule is CCCCCCCCC(C)OC(=O)CCCC(=O)OCC(C)(C)C. The summed E-state index contributed by atoms with van der Waals surface area (Å²) >= 11 is 0. The second-order valence-corrected chi connectivity index (χ2v) is 7.93. The molecule has 0 rings (SSSR count). The molecule has 0 aromatic heterocycles. The van der Waals surface area contributed by atoms with Gasteiger partial charge in [0.1, 0.15) is 0 Å². The fraction of sp³-hybridized carbons (Fsp3) is 0.900. The van der Waals surface area contributed by atoms with Crippen LogP contribution < -0.4 is 0 Å². The van der Waals surface area contributed by atoms with E-state index in [1.165, 1.54) is 32.1 Å². The summed E-state index contributed by atoms with van der Waals surface area (Å²) in [6.45, 7) is 10.6. The number of hydrogen-bond acceptors (Lipinski definition) is 4. The number of rotatable bonds is 13. The lowest BCUT2D eigenvalue weighted by molar-refractivity contribution is -0.149. The van der Waals surface area contributed by atoms with Crippen molar-refractivity contribution in [3.63, 3.8) is 0 Å². The van der Waals surface area contributed by atoms with E-state index in [0.29, 0.717) is 13.0 Å². The number of carbonyl (C=O) groups excluding carboxylic acids is 2. The monoisotopic (exact) mass is 342 g/mol. The Labute approximate surface area is 148 Å². The van der Waals surface area contributed by atoms with Crippen LogP contribution in [0.4, 0.5) is 0 Å². The van der Waals surface area contributed by atoms with Gasteiger partial charge in [-0.2, -0.15) is 0 Å². The Kier molecular flexibility index (Phi) is 12.7. The molecule has 0 saturated carbocycles. The molecule has 4 nitrogen and oxygen atoms in total. The Morgan fingerprint density at radius 3 is 2.08 bits per heavy atom. The highest BCUT2D eigenvalue weighted by molar-refractivity contribution is 5.72. The van der Waals surface area contributed by atoms with Crippen molar-refractivity contribution in [1.82, 2.24) is 0 Å². The van der Waals surface area contributed by atoms with Crippen LogP contribution >= 0.6 is 0 Å². The summed E-state index contributed by atoms with van der Waals surface area (Å²) in [6, 6.07) is 0. The highest BCUT2D eigenvalue weighted by atomic mass is 16.5. The smallest absolute Gasteiger partial charge is 0.306 e. The van der Waals surface area contributed by atoms with E-state index in [9.17, 15) is 9.59 Å². The first-order valence-corrected chi connectivity index (χ1v) is 9.59. The van der Waals surface area contributed by atoms with Gasteiger partial charge in [-0.15, -0.1) is 0 Å². The fourth-order valence-electron chi connectivity index (χ4n) is 2.30. The maximum atomic E-state index is 11.8. The van der Waals surface area contributed by atoms with Crippen molar-refractivity contribution >= 4 is 11.9 Å². The molecule has 142 valence electrons. The van der Waals surface area contributed by atoms with Gasteiger partial charge in [0.25, 0.3) is 0 Å². The minimum Gasteiger partial charge on any atom is -0.465 e. The molecule has 4 heteroatoms. The van der Waals surface area contributed by atoms with Gasteiger partial charge in [-0.05, 0) is 31.6 Å². The summed E-state index contributed by atoms with van der Waals surface area (Å²) in [5.41, 5.74) is -0.0272. The van der Waals surface area contributed by atoms with Crippen LogP contribution in [-0.4, -0.2) is 24.6 Å². The van der Waals surface area contributed by atoms with Crippen LogP contribution in [-0.2, 0) is 19.1 Å². The highest BCUT2D eigenvalue weighted by Crippen LogP contribution is 2.14. The molecule has 0 fully saturated rings. The molecule has 0 bridgehead atoms. The molecule has 0 aromatic rings. The lowest BCUT2D eigenvalue weighted by Gasteiger charge is -2.17. The van der Waals surface area contributed by atoms with E-state index in [1.54, 1.807) is 0 Å². The number of carbonyl (C=O) groups is 2. The first-order chi connectivity index (χ1) is 11.2. The van der Waals surface area contributed by atoms with E-state index < -0.39 is 0 Å². The molecule has 1 atom stereocenters. The Morgan fingerprint density at radius 2 is 1.46 bits per heavy atom. The predicted octanol–water partition coefficient (Wildman–Crippen LogP) is 5.43. The van der Waals surface area contributed by atoms with Crippen LogP contribution in [0.3, 0.4) is 0 Å². The minimum atomic E-state index is -0.238. The topological polar surface area (TPSA) is 52.6 Å². The van der Waals surface area contributed by atoms with Crippen LogP contribution in [0.25, 0.3) is 0 Å². The molecule has 0 aliphatic carbocycles. The predicted molar refractivity (Wildman–Crippen MR) is 97.8 cm³/mol. The molecule has 0 aliphatic rings. The van der Waals surface area contributed by atoms with E-state index in [0.717, 1.165) is 12.8 Å². The van der Waals surface area contributed by atoms with E-state index >= 15 is 0 Å². The Balaban J connectivity index is 3.62. The van der Waals surface area contributed by atoms with Crippen molar-refractivity contribution < 1.29 is 19.1 Å². The van der Waals surface area contributed by atoms with Crippen LogP contribution in [0, 0.1) is 5.41 Å². The van der Waals surface area contributed by atoms with Gasteiger partial charge in [0.2, 0.25) is 0 Å². The average molecular weight is 343 g/mol. The zero-order chi connectivity index (χ0) is 18.4. The molecule has 0 saturated heterocycles. The highest BCUT2D eigenvalue weighted by Gasteiger charge is 2.15. The quantitative estimate of drug-likeness (QED) is 0.331. The summed E-state index contributed by atoms with van der Waals surface area (Å²) < 4.78 is 10.6. The van der Waals surface area contributed by atoms with Crippen molar-refractivity contribution in [2.75, 3.05) is 6.61 Å². The van der Waals surface area contributed by atoms with E-state index in [2.05, 4.69) is 6.92 Å². The van der Waals surface area contributed by atoms with Gasteiger partial charge in [0.15, 0.2) is 0 Å². The number of esters is 2. The molecule has 0 heterocycles. The van der Waals surface area contributed by atoms with Gasteiger partial charge in [0, 0.05) is 12.8 Å². The number of ether oxygens (including phenoxy) is 2. The summed E-state index contributed by atoms with van der Waals surface area (Å²) in [4.78, 5) is 23.3. The zero-order valence-electron chi connectivity index (χ0n) is 16.5. The lowest BCUT2D eigenvalue weighted by atomic mass is 9.99. The van der Waals surface area contributed by atoms with Crippen molar-refractivity contribution in [3.05, 3.63) is 0 Å². The second-order valence-electron chi connectivity index (χ2n) is 7.93. The normalized spacial score (nSPS) is 12.7. The van der Waals surface area contributed by atoms with Gasteiger partial charge in [-0.25, -0.2) is 0 Å². The molecule has 0 aromatic carbocycles. The molecular weight excluding hydrogens is 304 g/mol. The standard InChI is InChI=1S/C20H38O4/c1-6-7-8-9-10-11-13-17(2)24-19(22)15-12-14-18(21)23-16-20(3,4)5/h17H,6-16H2,1-5H3. The van der Waals surface area contributed by atoms with Crippen molar-refractivity contribution in [1.29, 1.82) is 0 Å². The van der Waals surface area contributed by atoms with Crippen molar-refractivity contribution in [2.45, 2.75) is 105 Å². The van der Waals surface area contributed by atoms with Gasteiger partial charge in [-0.3, -0.25) is 9.59 Å². The van der Waals surface area contributed by atoms with E-state index in [-0.39, 0.29) is 36.3 Å². The summed E-state index contributed by atoms with van der Waals surface area (Å²) in [7, 11) is 0. The van der Waals surface area contributed by atoms with Crippen molar-refractivity contribution in [3.8, 4) is 0 Å². The number of unbranched alkanes of at least 4 members (excludes halogenated alkanes) is 5. The lowest BCUT2D eigenvalue weighted by Crippen LogP contribution is -2.19. The van der Waals surface area contributed by atoms with E-state index in [4.69, 9.17) is 9.47 Å². The summed E-state index contributed by atoms with van der Waals surface area (Å²) in [6.07, 6.45) is 9.40. The third-order valence-corrected chi connectivity index (χ3v) is 3.72. The fourth-order valence-corrected chi connectivity index (χ4v) is 2.30. The largest absolute Gasteiger partial charge is 0.465 e. The zero-order valence-corrected chi connectivity index (χ0v) is 16.5. The van der Waals surface area contributed by atoms with Crippen LogP contribution in [0.15, 0.2) is 0 Å². The second kappa shape index (κ2) is 13.3. The maximum Gasteiger partial charge on any atom is 0.306 e. The molecule has 1 unspecified atom stereocenters. The molecule has 0 radical (unpaired) electrons. The molecule has 0 N–H and O–H groups in total. The first kappa shape index (κ1) is 22.9. The summed E-state index contributed by atoms with van der Waals surface area (Å²) in [5, 5.41) is 0. The number of hydrogen-bond donors (Lipinski definition) is 0. The maximum absolute atomic E-state index is 11.8. The molecule has 0 amide bonds. The third kappa shape index (κ3) is 15.8. The summed E-state index contributed by atoms with van der Waals surface area (Å²) in [5.74, 6) is -0.449. The molecule has 0 aliphatic heterocycles. The molecule has 0 spiro atoms. The third-order valence-electron chi connectivity index (χ3n) is 3.72. The molecular formula is C20H38O4. The average Bonchev–Trinajstić information content (AvgIpc) is 2.48. The van der Waals surface area contributed by atoms with E-state index in [1.807, 2.05) is 27.7 Å². The van der Waals surface area contributed by atoms with Crippen LogP contribution in [0.2, 0.25) is 0 Å². The van der Waals surface area contributed by atoms with Gasteiger partial charge < -0.3 is 9.47 Å². The van der Waals surface area contributed by atoms with Crippen LogP contribution in [0.5, 0.6) is 0 Å². The Bertz CT molecular complexity index is 344. The molecule has 24 heavy (non-hydrogen) atoms.